The molecule has 40 heteroatoms. The standard InChI is InChI=1S/C16H24N6O2.C12H16N6O2.2C11H14N6O2.C10H12N6O2/c1-20(2)14-17-15(21(3)4)19-16(18-14)22(5)10-9-11-7-6-8-12(23)13(11)24;1-18(12-16-10(13)15-11(14)17-12)6-5-7-3-2-4-8(19)9(7)20;1-17(11-15-9(12)14-10(13)16-11)5-6-3-2-4-7(18)8(6)19;12-9-15-10(13)17-11(16-9)14-5-4-6-2-1-3-7(18)8(6)19;1-16(5-3-2-4-6(17)7(5)18)10-14-8(11)13-9(12)15-10/h6-8,23-24H,9-10H2,1-5H3;2-4,19-20H,5-6H2,1H3,(H4,13,14,15,16,17);2-4,18-19H,5H2,1H3,(H4,12,13,14,15,16);1-3,18-19H,4-5H2,(H5,12,13,14,15,16,17);2-4,17-18H,1H3,(H4,11,12,13,14,15). The summed E-state index contributed by atoms with van der Waals surface area (Å²) in [6, 6.07) is 23.8. The summed E-state index contributed by atoms with van der Waals surface area (Å²) in [6.45, 7) is 1.82. The molecule has 5 aromatic carbocycles. The van der Waals surface area contributed by atoms with Gasteiger partial charge in [0, 0.05) is 88.1 Å². The van der Waals surface area contributed by atoms with Crippen molar-refractivity contribution in [2.75, 3.05) is 157 Å². The fourth-order valence-electron chi connectivity index (χ4n) is 8.44. The first-order valence-electron chi connectivity index (χ1n) is 29.6. The molecule has 0 unspecified atom stereocenters. The van der Waals surface area contributed by atoms with Crippen molar-refractivity contribution in [3.8, 4) is 57.5 Å². The second-order valence-electron chi connectivity index (χ2n) is 21.7. The Balaban J connectivity index is 0.000000198. The highest BCUT2D eigenvalue weighted by atomic mass is 16.3. The third-order valence-electron chi connectivity index (χ3n) is 13.6. The fraction of sp³-hybridized carbons (Fsp3) is 0.250. The molecule has 27 N–H and O–H groups in total. The number of aromatic nitrogens is 15. The van der Waals surface area contributed by atoms with Crippen LogP contribution < -0.4 is 80.6 Å². The van der Waals surface area contributed by atoms with Gasteiger partial charge in [0.25, 0.3) is 0 Å². The van der Waals surface area contributed by atoms with E-state index in [-0.39, 0.29) is 129 Å². The van der Waals surface area contributed by atoms with E-state index in [9.17, 15) is 51.1 Å². The number of hydrogen-bond donors (Lipinski definition) is 19. The van der Waals surface area contributed by atoms with Gasteiger partial charge in [-0.05, 0) is 72.4 Å². The minimum absolute atomic E-state index is 0.0227. The molecule has 40 nitrogen and oxygen atoms in total. The highest BCUT2D eigenvalue weighted by Crippen LogP contribution is 2.38. The molecular weight excluding hydrogens is 1300 g/mol. The summed E-state index contributed by atoms with van der Waals surface area (Å²) in [6.07, 6.45) is 1.53. The van der Waals surface area contributed by atoms with Crippen molar-refractivity contribution in [1.29, 1.82) is 0 Å². The molecule has 0 saturated heterocycles. The van der Waals surface area contributed by atoms with E-state index < -0.39 is 0 Å². The molecule has 10 rings (SSSR count). The van der Waals surface area contributed by atoms with Gasteiger partial charge >= 0.3 is 0 Å². The average molecular weight is 1380 g/mol. The second-order valence-corrected chi connectivity index (χ2v) is 21.7. The zero-order valence-electron chi connectivity index (χ0n) is 55.6. The van der Waals surface area contributed by atoms with E-state index in [1.165, 1.54) is 35.2 Å². The summed E-state index contributed by atoms with van der Waals surface area (Å²) < 4.78 is 0. The smallest absolute Gasteiger partial charge is 0.236 e. The van der Waals surface area contributed by atoms with Crippen molar-refractivity contribution in [3.63, 3.8) is 0 Å². The Bertz CT molecular complexity index is 4270. The maximum absolute atomic E-state index is 9.89. The molecule has 0 fully saturated rings. The molecule has 100 heavy (non-hydrogen) atoms. The number of benzene rings is 5. The van der Waals surface area contributed by atoms with E-state index in [0.717, 1.165) is 0 Å². The summed E-state index contributed by atoms with van der Waals surface area (Å²) in [5.41, 5.74) is 46.5. The van der Waals surface area contributed by atoms with Crippen molar-refractivity contribution in [3.05, 3.63) is 113 Å². The molecule has 5 aromatic heterocycles. The van der Waals surface area contributed by atoms with Crippen LogP contribution in [-0.2, 0) is 25.8 Å². The Morgan fingerprint density at radius 3 is 0.970 bits per heavy atom. The van der Waals surface area contributed by atoms with Gasteiger partial charge in [0.2, 0.25) is 89.2 Å². The average Bonchev–Trinajstić information content (AvgIpc) is 0.813. The van der Waals surface area contributed by atoms with E-state index in [0.29, 0.717) is 90.6 Å². The lowest BCUT2D eigenvalue weighted by Gasteiger charge is -2.21. The molecule has 0 spiro atoms. The molecule has 0 bridgehead atoms. The van der Waals surface area contributed by atoms with Crippen LogP contribution in [0.1, 0.15) is 22.3 Å². The van der Waals surface area contributed by atoms with E-state index in [1.807, 2.05) is 49.9 Å². The van der Waals surface area contributed by atoms with Crippen LogP contribution in [0.4, 0.5) is 94.9 Å². The van der Waals surface area contributed by atoms with Gasteiger partial charge in [0.1, 0.15) is 0 Å². The van der Waals surface area contributed by atoms with Gasteiger partial charge in [-0.1, -0.05) is 54.6 Å². The number of phenols is 10. The fourth-order valence-corrected chi connectivity index (χ4v) is 8.44. The molecule has 5 heterocycles. The van der Waals surface area contributed by atoms with E-state index in [1.54, 1.807) is 91.6 Å². The quantitative estimate of drug-likeness (QED) is 0.0511. The largest absolute Gasteiger partial charge is 0.504 e. The number of nitrogens with zero attached hydrogens (tertiary/aromatic N) is 21. The summed E-state index contributed by atoms with van der Waals surface area (Å²) in [5.74, 6) is 1.37. The summed E-state index contributed by atoms with van der Waals surface area (Å²) in [7, 11) is 14.5. The molecular formula is C60H80N30O10. The highest BCUT2D eigenvalue weighted by molar-refractivity contribution is 5.69. The predicted octanol–water partition coefficient (Wildman–Crippen LogP) is 1.62. The first kappa shape index (κ1) is 75.2. The van der Waals surface area contributed by atoms with E-state index >= 15 is 0 Å². The van der Waals surface area contributed by atoms with Crippen LogP contribution in [0.3, 0.4) is 0 Å². The number of nitrogens with two attached hydrogens (primary N) is 8. The summed E-state index contributed by atoms with van der Waals surface area (Å²) in [4.78, 5) is 69.6. The van der Waals surface area contributed by atoms with Crippen LogP contribution in [-0.4, -0.2) is 202 Å². The third-order valence-corrected chi connectivity index (χ3v) is 13.6. The van der Waals surface area contributed by atoms with Gasteiger partial charge in [0.05, 0.1) is 5.69 Å². The summed E-state index contributed by atoms with van der Waals surface area (Å²) >= 11 is 0. The second kappa shape index (κ2) is 34.5. The van der Waals surface area contributed by atoms with Crippen molar-refractivity contribution in [1.82, 2.24) is 74.8 Å². The highest BCUT2D eigenvalue weighted by Gasteiger charge is 2.19. The van der Waals surface area contributed by atoms with Gasteiger partial charge in [-0.25, -0.2) is 0 Å². The Hall–Kier alpha value is -13.9. The normalized spacial score (nSPS) is 10.4. The van der Waals surface area contributed by atoms with Crippen LogP contribution >= 0.6 is 0 Å². The van der Waals surface area contributed by atoms with Crippen molar-refractivity contribution >= 4 is 94.9 Å². The Kier molecular flexibility index (Phi) is 26.0. The van der Waals surface area contributed by atoms with Crippen molar-refractivity contribution in [2.24, 2.45) is 0 Å². The number of nitrogen functional groups attached to an aromatic ring is 8. The molecule has 0 aliphatic rings. The van der Waals surface area contributed by atoms with E-state index in [2.05, 4.69) is 80.1 Å². The van der Waals surface area contributed by atoms with Crippen molar-refractivity contribution in [2.45, 2.75) is 25.8 Å². The first-order valence-corrected chi connectivity index (χ1v) is 29.6. The van der Waals surface area contributed by atoms with Gasteiger partial charge < -0.3 is 132 Å². The lowest BCUT2D eigenvalue weighted by Crippen LogP contribution is -2.26. The number of anilines is 16. The Morgan fingerprint density at radius 2 is 0.590 bits per heavy atom. The molecule has 0 amide bonds. The zero-order chi connectivity index (χ0) is 73.7. The molecule has 0 saturated carbocycles. The van der Waals surface area contributed by atoms with Crippen LogP contribution in [0.15, 0.2) is 91.0 Å². The van der Waals surface area contributed by atoms with Gasteiger partial charge in [-0.3, -0.25) is 0 Å². The van der Waals surface area contributed by atoms with Crippen molar-refractivity contribution < 1.29 is 51.1 Å². The number of hydrogen-bond acceptors (Lipinski definition) is 40. The topological polar surface area (TPSA) is 635 Å². The SMILES string of the molecule is CN(C)c1nc(N(C)C)nc(N(C)CCc2cccc(O)c2O)n1.CN(CCc1cccc(O)c1O)c1nc(N)nc(N)n1.CN(Cc1cccc(O)c1O)c1nc(N)nc(N)n1.CN(c1nc(N)nc(N)n1)c1cccc(O)c1O.Nc1nc(N)nc(NCCc2cccc(O)c2O)n1. The number of rotatable bonds is 19. The first-order chi connectivity index (χ1) is 47.3. The number of para-hydroxylation sites is 5. The molecule has 530 valence electrons. The number of aromatic hydroxyl groups is 10. The zero-order valence-corrected chi connectivity index (χ0v) is 55.6. The van der Waals surface area contributed by atoms with Crippen LogP contribution in [0.5, 0.6) is 57.5 Å². The monoisotopic (exact) mass is 1380 g/mol. The number of likely N-dealkylation sites (N-methyl/N-ethyl adjacent to an activating group) is 2. The minimum Gasteiger partial charge on any atom is -0.504 e. The predicted molar refractivity (Wildman–Crippen MR) is 378 cm³/mol. The maximum Gasteiger partial charge on any atom is 0.236 e. The maximum atomic E-state index is 9.89. The molecule has 0 atom stereocenters. The lowest BCUT2D eigenvalue weighted by atomic mass is 10.1. The van der Waals surface area contributed by atoms with Gasteiger partial charge in [-0.15, -0.1) is 0 Å². The van der Waals surface area contributed by atoms with Gasteiger partial charge in [-0.2, -0.15) is 74.8 Å². The third kappa shape index (κ3) is 21.6. The molecule has 0 aliphatic heterocycles. The van der Waals surface area contributed by atoms with E-state index in [4.69, 9.17) is 45.9 Å². The molecule has 10 aromatic rings. The Labute approximate surface area is 572 Å². The Morgan fingerprint density at radius 1 is 0.300 bits per heavy atom. The number of phenolic OH excluding ortho intramolecular Hbond substituents is 10. The lowest BCUT2D eigenvalue weighted by molar-refractivity contribution is 0.399. The molecule has 0 radical (unpaired) electrons. The molecule has 0 aliphatic carbocycles. The number of nitrogens with one attached hydrogen (secondary N) is 1. The minimum atomic E-state index is -0.280. The van der Waals surface area contributed by atoms with Crippen LogP contribution in [0, 0.1) is 0 Å². The van der Waals surface area contributed by atoms with Crippen LogP contribution in [0.25, 0.3) is 0 Å². The summed E-state index contributed by atoms with van der Waals surface area (Å²) in [5, 5.41) is 98.8. The van der Waals surface area contributed by atoms with Crippen LogP contribution in [0.2, 0.25) is 0 Å². The van der Waals surface area contributed by atoms with Gasteiger partial charge in [0.15, 0.2) is 57.5 Å².